The highest BCUT2D eigenvalue weighted by Gasteiger charge is 2.19. The van der Waals surface area contributed by atoms with Crippen molar-refractivity contribution in [3.05, 3.63) is 51.2 Å². The number of aromatic nitrogens is 2. The second-order valence-electron chi connectivity index (χ2n) is 5.45. The van der Waals surface area contributed by atoms with E-state index in [4.69, 9.17) is 11.6 Å². The fraction of sp³-hybridized carbons (Fsp3) is 0.375. The van der Waals surface area contributed by atoms with E-state index in [2.05, 4.69) is 21.0 Å². The molecule has 0 saturated heterocycles. The summed E-state index contributed by atoms with van der Waals surface area (Å²) in [5.74, 6) is 0.0287. The minimum atomic E-state index is 0.0287. The molecule has 1 aromatic carbocycles. The largest absolute Gasteiger partial charge is 0.294 e. The second-order valence-corrected chi connectivity index (χ2v) is 6.74. The summed E-state index contributed by atoms with van der Waals surface area (Å²) in [5, 5.41) is 5.12. The van der Waals surface area contributed by atoms with E-state index >= 15 is 0 Å². The molecule has 0 radical (unpaired) electrons. The standard InChI is InChI=1S/C16H16BrClN2O/c17-15-6-5-11(18)9-14(15)16(21)10-12-7-8-20(19-12)13-3-1-2-4-13/h5-9,13H,1-4,10H2. The van der Waals surface area contributed by atoms with E-state index in [0.29, 0.717) is 23.0 Å². The van der Waals surface area contributed by atoms with Crippen molar-refractivity contribution in [3.8, 4) is 0 Å². The number of nitrogens with zero attached hydrogens (tertiary/aromatic N) is 2. The van der Waals surface area contributed by atoms with Gasteiger partial charge in [-0.15, -0.1) is 0 Å². The molecule has 5 heteroatoms. The van der Waals surface area contributed by atoms with Crippen LogP contribution < -0.4 is 0 Å². The number of carbonyl (C=O) groups excluding carboxylic acids is 1. The van der Waals surface area contributed by atoms with Gasteiger partial charge in [0.25, 0.3) is 0 Å². The Bertz CT molecular complexity index is 662. The Morgan fingerprint density at radius 3 is 2.86 bits per heavy atom. The van der Waals surface area contributed by atoms with Crippen LogP contribution in [0.5, 0.6) is 0 Å². The molecule has 3 rings (SSSR count). The van der Waals surface area contributed by atoms with Crippen LogP contribution >= 0.6 is 27.5 Å². The van der Waals surface area contributed by atoms with E-state index < -0.39 is 0 Å². The van der Waals surface area contributed by atoms with Crippen molar-refractivity contribution in [3.63, 3.8) is 0 Å². The maximum absolute atomic E-state index is 12.4. The van der Waals surface area contributed by atoms with E-state index in [9.17, 15) is 4.79 Å². The lowest BCUT2D eigenvalue weighted by Gasteiger charge is -2.08. The van der Waals surface area contributed by atoms with Gasteiger partial charge >= 0.3 is 0 Å². The summed E-state index contributed by atoms with van der Waals surface area (Å²) >= 11 is 9.36. The van der Waals surface area contributed by atoms with Crippen LogP contribution in [0.2, 0.25) is 5.02 Å². The number of benzene rings is 1. The molecule has 1 aromatic heterocycles. The number of Topliss-reactive ketones (excluding diaryl/α,β-unsaturated/α-hetero) is 1. The van der Waals surface area contributed by atoms with Gasteiger partial charge in [-0.25, -0.2) is 0 Å². The first-order chi connectivity index (χ1) is 10.1. The quantitative estimate of drug-likeness (QED) is 0.725. The van der Waals surface area contributed by atoms with Crippen LogP contribution in [0.4, 0.5) is 0 Å². The Balaban J connectivity index is 1.74. The monoisotopic (exact) mass is 366 g/mol. The third-order valence-electron chi connectivity index (χ3n) is 3.93. The minimum absolute atomic E-state index is 0.0287. The van der Waals surface area contributed by atoms with Crippen molar-refractivity contribution in [2.45, 2.75) is 38.1 Å². The number of carbonyl (C=O) groups is 1. The van der Waals surface area contributed by atoms with Crippen LogP contribution in [0.1, 0.15) is 47.8 Å². The van der Waals surface area contributed by atoms with Crippen molar-refractivity contribution in [1.29, 1.82) is 0 Å². The van der Waals surface area contributed by atoms with Crippen LogP contribution in [-0.4, -0.2) is 15.6 Å². The first-order valence-electron chi connectivity index (χ1n) is 7.16. The summed E-state index contributed by atoms with van der Waals surface area (Å²) in [6.07, 6.45) is 7.22. The van der Waals surface area contributed by atoms with Gasteiger partial charge in [-0.05, 0) is 37.1 Å². The molecule has 0 spiro atoms. The molecule has 0 aliphatic heterocycles. The number of rotatable bonds is 4. The fourth-order valence-corrected chi connectivity index (χ4v) is 3.45. The average molecular weight is 368 g/mol. The summed E-state index contributed by atoms with van der Waals surface area (Å²) < 4.78 is 2.79. The molecule has 0 N–H and O–H groups in total. The Labute approximate surface area is 137 Å². The third-order valence-corrected chi connectivity index (χ3v) is 4.86. The summed E-state index contributed by atoms with van der Waals surface area (Å²) in [6, 6.07) is 7.70. The zero-order valence-corrected chi connectivity index (χ0v) is 13.9. The smallest absolute Gasteiger partial charge is 0.170 e. The maximum atomic E-state index is 12.4. The summed E-state index contributed by atoms with van der Waals surface area (Å²) in [6.45, 7) is 0. The molecule has 1 aliphatic carbocycles. The highest BCUT2D eigenvalue weighted by atomic mass is 79.9. The summed E-state index contributed by atoms with van der Waals surface area (Å²) in [5.41, 5.74) is 1.43. The molecule has 1 fully saturated rings. The van der Waals surface area contributed by atoms with Gasteiger partial charge in [0.1, 0.15) is 0 Å². The molecule has 0 amide bonds. The zero-order chi connectivity index (χ0) is 14.8. The summed E-state index contributed by atoms with van der Waals surface area (Å²) in [7, 11) is 0. The molecule has 0 bridgehead atoms. The van der Waals surface area contributed by atoms with Crippen molar-refractivity contribution in [1.82, 2.24) is 9.78 Å². The molecule has 110 valence electrons. The third kappa shape index (κ3) is 3.38. The Hall–Kier alpha value is -1.13. The zero-order valence-electron chi connectivity index (χ0n) is 11.6. The molecule has 1 saturated carbocycles. The molecule has 0 unspecified atom stereocenters. The average Bonchev–Trinajstić information content (AvgIpc) is 3.11. The van der Waals surface area contributed by atoms with Gasteiger partial charge in [0.2, 0.25) is 0 Å². The molecule has 3 nitrogen and oxygen atoms in total. The number of hydrogen-bond donors (Lipinski definition) is 0. The van der Waals surface area contributed by atoms with E-state index in [1.165, 1.54) is 25.7 Å². The lowest BCUT2D eigenvalue weighted by molar-refractivity contribution is 0.0991. The van der Waals surface area contributed by atoms with Gasteiger partial charge in [-0.3, -0.25) is 9.48 Å². The molecule has 1 aliphatic rings. The Morgan fingerprint density at radius 1 is 1.33 bits per heavy atom. The van der Waals surface area contributed by atoms with Crippen LogP contribution in [0.15, 0.2) is 34.9 Å². The van der Waals surface area contributed by atoms with Crippen LogP contribution in [0.3, 0.4) is 0 Å². The maximum Gasteiger partial charge on any atom is 0.170 e. The van der Waals surface area contributed by atoms with Crippen molar-refractivity contribution in [2.75, 3.05) is 0 Å². The lowest BCUT2D eigenvalue weighted by Crippen LogP contribution is -2.08. The Morgan fingerprint density at radius 2 is 2.10 bits per heavy atom. The first-order valence-corrected chi connectivity index (χ1v) is 8.33. The SMILES string of the molecule is O=C(Cc1ccn(C2CCCC2)n1)c1cc(Cl)ccc1Br. The lowest BCUT2D eigenvalue weighted by atomic mass is 10.1. The van der Waals surface area contributed by atoms with E-state index in [1.54, 1.807) is 18.2 Å². The van der Waals surface area contributed by atoms with Crippen molar-refractivity contribution < 1.29 is 4.79 Å². The molecular weight excluding hydrogens is 352 g/mol. The van der Waals surface area contributed by atoms with E-state index in [-0.39, 0.29) is 5.78 Å². The Kier molecular flexibility index (Phi) is 4.45. The van der Waals surface area contributed by atoms with Crippen LogP contribution in [0, 0.1) is 0 Å². The van der Waals surface area contributed by atoms with E-state index in [0.717, 1.165) is 10.2 Å². The van der Waals surface area contributed by atoms with Crippen molar-refractivity contribution in [2.24, 2.45) is 0 Å². The minimum Gasteiger partial charge on any atom is -0.294 e. The number of hydrogen-bond acceptors (Lipinski definition) is 2. The van der Waals surface area contributed by atoms with Gasteiger partial charge in [-0.1, -0.05) is 40.4 Å². The van der Waals surface area contributed by atoms with Gasteiger partial charge < -0.3 is 0 Å². The fourth-order valence-electron chi connectivity index (χ4n) is 2.81. The normalized spacial score (nSPS) is 15.5. The van der Waals surface area contributed by atoms with E-state index in [1.807, 2.05) is 16.9 Å². The topological polar surface area (TPSA) is 34.9 Å². The van der Waals surface area contributed by atoms with Crippen LogP contribution in [-0.2, 0) is 6.42 Å². The van der Waals surface area contributed by atoms with Gasteiger partial charge in [0.05, 0.1) is 18.2 Å². The first kappa shape index (κ1) is 14.8. The predicted molar refractivity (Wildman–Crippen MR) is 86.9 cm³/mol. The second kappa shape index (κ2) is 6.32. The number of halogens is 2. The van der Waals surface area contributed by atoms with Crippen LogP contribution in [0.25, 0.3) is 0 Å². The number of ketones is 1. The van der Waals surface area contributed by atoms with Gasteiger partial charge in [0, 0.05) is 21.3 Å². The molecule has 2 aromatic rings. The van der Waals surface area contributed by atoms with Gasteiger partial charge in [0.15, 0.2) is 5.78 Å². The summed E-state index contributed by atoms with van der Waals surface area (Å²) in [4.78, 5) is 12.4. The predicted octanol–water partition coefficient (Wildman–Crippen LogP) is 4.84. The molecule has 0 atom stereocenters. The molecule has 1 heterocycles. The van der Waals surface area contributed by atoms with Gasteiger partial charge in [-0.2, -0.15) is 5.10 Å². The highest BCUT2D eigenvalue weighted by molar-refractivity contribution is 9.10. The highest BCUT2D eigenvalue weighted by Crippen LogP contribution is 2.29. The van der Waals surface area contributed by atoms with Crippen molar-refractivity contribution >= 4 is 33.3 Å². The molecular formula is C16H16BrClN2O. The molecule has 21 heavy (non-hydrogen) atoms.